The fraction of sp³-hybridized carbons (Fsp3) is 0.596. The van der Waals surface area contributed by atoms with E-state index in [2.05, 4.69) is 30.4 Å². The second kappa shape index (κ2) is 21.3. The van der Waals surface area contributed by atoms with Crippen LogP contribution in [-0.2, 0) is 36.7 Å². The number of hydrogen-bond donors (Lipinski definition) is 6. The number of aryl methyl sites for hydroxylation is 1. The number of aromatic hydroxyl groups is 2. The van der Waals surface area contributed by atoms with E-state index in [-0.39, 0.29) is 52.2 Å². The van der Waals surface area contributed by atoms with E-state index in [1.165, 1.54) is 42.9 Å². The van der Waals surface area contributed by atoms with Crippen molar-refractivity contribution in [3.8, 4) is 23.0 Å². The summed E-state index contributed by atoms with van der Waals surface area (Å²) in [7, 11) is 1.33. The van der Waals surface area contributed by atoms with E-state index in [0.717, 1.165) is 89.2 Å². The van der Waals surface area contributed by atoms with E-state index in [1.807, 2.05) is 0 Å². The number of phenolic OH excluding ortho intramolecular Hbond substituents is 2. The number of aliphatic hydroxyl groups is 3. The maximum atomic E-state index is 14.0. The maximum Gasteiger partial charge on any atom is 0.220 e. The molecular formula is C57H71NO14. The number of methoxy groups -OCH3 is 1. The Balaban J connectivity index is 0.710. The molecule has 9 rings (SSSR count). The van der Waals surface area contributed by atoms with Gasteiger partial charge in [0, 0.05) is 54.2 Å². The first kappa shape index (κ1) is 51.7. The highest BCUT2D eigenvalue weighted by atomic mass is 16.7. The van der Waals surface area contributed by atoms with Gasteiger partial charge in [-0.3, -0.25) is 24.0 Å². The van der Waals surface area contributed by atoms with Gasteiger partial charge < -0.3 is 49.8 Å². The highest BCUT2D eigenvalue weighted by Gasteiger charge is 2.55. The number of rotatable bonds is 19. The molecule has 1 heterocycles. The molecule has 1 aliphatic heterocycles. The predicted octanol–water partition coefficient (Wildman–Crippen LogP) is 7.56. The smallest absolute Gasteiger partial charge is 0.220 e. The summed E-state index contributed by atoms with van der Waals surface area (Å²) < 4.78 is 23.9. The first-order valence-corrected chi connectivity index (χ1v) is 26.4. The molecule has 0 unspecified atom stereocenters. The minimum Gasteiger partial charge on any atom is -0.507 e. The molecule has 72 heavy (non-hydrogen) atoms. The quantitative estimate of drug-likeness (QED) is 0.0393. The fourth-order valence-corrected chi connectivity index (χ4v) is 13.4. The number of unbranched alkanes of at least 4 members (excludes halogenated alkanes) is 8. The number of fused-ring (bicyclic) bond motifs is 8. The first-order valence-electron chi connectivity index (χ1n) is 26.4. The SMILES string of the molecule is COc1cccc2c1C(=O)c1c(O)c3c(c(O)c1C2=O)C[C@@](O)(C(=O)CO)C[C@@H]3O[C@H]1C[C@H](NC(=O)CCCCCCCCCCCOc2ccc3c(c2)CC[C@@H]2[C@@H]3CC[C@]3(C)C(=O)CC[C@@H]23)[C@H](O)[C@H](C)O1. The molecule has 1 amide bonds. The van der Waals surface area contributed by atoms with Gasteiger partial charge in [0.1, 0.15) is 47.1 Å². The number of ketones is 4. The molecule has 388 valence electrons. The molecule has 10 atom stereocenters. The summed E-state index contributed by atoms with van der Waals surface area (Å²) in [5.74, 6) is -0.975. The normalized spacial score (nSPS) is 29.3. The lowest BCUT2D eigenvalue weighted by atomic mass is 9.55. The number of phenols is 2. The third-order valence-corrected chi connectivity index (χ3v) is 17.3. The number of carbonyl (C=O) groups excluding carboxylic acids is 5. The van der Waals surface area contributed by atoms with Crippen LogP contribution in [0.3, 0.4) is 0 Å². The molecule has 6 aliphatic rings. The molecular weight excluding hydrogens is 923 g/mol. The second-order valence-electron chi connectivity index (χ2n) is 21.6. The van der Waals surface area contributed by atoms with E-state index < -0.39 is 95.7 Å². The number of hydrogen-bond acceptors (Lipinski definition) is 14. The Morgan fingerprint density at radius 1 is 0.875 bits per heavy atom. The van der Waals surface area contributed by atoms with Crippen molar-refractivity contribution < 1.29 is 68.5 Å². The molecule has 0 aromatic heterocycles. The van der Waals surface area contributed by atoms with Gasteiger partial charge in [-0.2, -0.15) is 0 Å². The van der Waals surface area contributed by atoms with Crippen molar-refractivity contribution in [3.63, 3.8) is 0 Å². The Bertz CT molecular complexity index is 2590. The van der Waals surface area contributed by atoms with Gasteiger partial charge in [0.05, 0.1) is 48.7 Å². The van der Waals surface area contributed by atoms with Crippen molar-refractivity contribution in [1.82, 2.24) is 5.32 Å². The van der Waals surface area contributed by atoms with Gasteiger partial charge in [-0.05, 0) is 98.9 Å². The summed E-state index contributed by atoms with van der Waals surface area (Å²) in [6, 6.07) is 10.3. The van der Waals surface area contributed by atoms with Crippen LogP contribution in [0.1, 0.15) is 189 Å². The molecule has 1 saturated heterocycles. The highest BCUT2D eigenvalue weighted by Crippen LogP contribution is 2.60. The molecule has 3 fully saturated rings. The van der Waals surface area contributed by atoms with Crippen molar-refractivity contribution in [2.75, 3.05) is 20.3 Å². The number of ether oxygens (including phenoxy) is 4. The predicted molar refractivity (Wildman–Crippen MR) is 263 cm³/mol. The van der Waals surface area contributed by atoms with Gasteiger partial charge >= 0.3 is 0 Å². The Morgan fingerprint density at radius 2 is 1.60 bits per heavy atom. The number of Topliss-reactive ketones (excluding diaryl/α,β-unsaturated/α-hetero) is 2. The van der Waals surface area contributed by atoms with Gasteiger partial charge in [-0.15, -0.1) is 0 Å². The summed E-state index contributed by atoms with van der Waals surface area (Å²) >= 11 is 0. The third kappa shape index (κ3) is 9.72. The third-order valence-electron chi connectivity index (χ3n) is 17.3. The minimum atomic E-state index is -2.32. The Morgan fingerprint density at radius 3 is 2.33 bits per heavy atom. The van der Waals surface area contributed by atoms with Gasteiger partial charge in [0.15, 0.2) is 17.9 Å². The summed E-state index contributed by atoms with van der Waals surface area (Å²) in [4.78, 5) is 66.8. The summed E-state index contributed by atoms with van der Waals surface area (Å²) in [6.07, 6.45) is 9.83. The van der Waals surface area contributed by atoms with Crippen LogP contribution in [-0.4, -0.2) is 105 Å². The molecule has 0 radical (unpaired) electrons. The van der Waals surface area contributed by atoms with Crippen LogP contribution in [0.4, 0.5) is 0 Å². The lowest BCUT2D eigenvalue weighted by Crippen LogP contribution is -2.55. The topological polar surface area (TPSA) is 235 Å². The Hall–Kier alpha value is -5.19. The summed E-state index contributed by atoms with van der Waals surface area (Å²) in [5.41, 5.74) is -1.03. The van der Waals surface area contributed by atoms with E-state index in [4.69, 9.17) is 18.9 Å². The lowest BCUT2D eigenvalue weighted by molar-refractivity contribution is -0.249. The van der Waals surface area contributed by atoms with Crippen molar-refractivity contribution in [2.45, 2.75) is 178 Å². The number of carbonyl (C=O) groups is 5. The van der Waals surface area contributed by atoms with Crippen molar-refractivity contribution in [1.29, 1.82) is 0 Å². The molecule has 15 heteroatoms. The summed E-state index contributed by atoms with van der Waals surface area (Å²) in [5, 5.41) is 59.0. The van der Waals surface area contributed by atoms with E-state index >= 15 is 0 Å². The van der Waals surface area contributed by atoms with Crippen LogP contribution < -0.4 is 14.8 Å². The maximum absolute atomic E-state index is 14.0. The second-order valence-corrected chi connectivity index (χ2v) is 21.6. The Kier molecular flexibility index (Phi) is 15.3. The molecule has 0 spiro atoms. The molecule has 3 aromatic carbocycles. The number of aliphatic hydroxyl groups excluding tert-OH is 2. The van der Waals surface area contributed by atoms with Gasteiger partial charge in [-0.1, -0.05) is 70.1 Å². The van der Waals surface area contributed by atoms with Crippen molar-refractivity contribution in [3.05, 3.63) is 80.9 Å². The minimum absolute atomic E-state index is 0.0680. The van der Waals surface area contributed by atoms with Crippen LogP contribution in [0.25, 0.3) is 0 Å². The standard InChI is InChI=1S/C57H71NO14/c1-31-51(63)40(27-46(71-31)72-42-29-57(68,44(61)30-59)28-38-48(42)55(67)50-49(53(38)65)52(64)37-14-13-15-41(69-3)47(37)54(50)66)58-45(62)16-11-9-7-5-4-6-8-10-12-25-70-33-18-20-34-32(26-33)17-19-36-35(34)23-24-56(2)39(36)21-22-43(56)60/h13-15,18,20,26,31,35-36,39-40,42,46,51,59,63,65,67-68H,4-12,16-17,19,21-25,27-30H2,1-3H3,(H,58,62)/t31-,35+,36+,39-,40-,42-,46-,51+,56-,57-/m0/s1. The molecule has 6 N–H and O–H groups in total. The highest BCUT2D eigenvalue weighted by molar-refractivity contribution is 6.31. The van der Waals surface area contributed by atoms with Crippen molar-refractivity contribution >= 4 is 29.0 Å². The van der Waals surface area contributed by atoms with E-state index in [9.17, 15) is 49.5 Å². The van der Waals surface area contributed by atoms with Gasteiger partial charge in [0.25, 0.3) is 0 Å². The molecule has 5 aliphatic carbocycles. The number of amides is 1. The van der Waals surface area contributed by atoms with Crippen LogP contribution in [0.15, 0.2) is 36.4 Å². The molecule has 2 saturated carbocycles. The Labute approximate surface area is 421 Å². The average Bonchev–Trinajstić information content (AvgIpc) is 3.68. The number of benzene rings is 3. The van der Waals surface area contributed by atoms with E-state index in [1.54, 1.807) is 6.92 Å². The largest absolute Gasteiger partial charge is 0.507 e. The zero-order valence-corrected chi connectivity index (χ0v) is 41.8. The zero-order valence-electron chi connectivity index (χ0n) is 41.8. The van der Waals surface area contributed by atoms with Crippen LogP contribution in [0.2, 0.25) is 0 Å². The van der Waals surface area contributed by atoms with Gasteiger partial charge in [0.2, 0.25) is 11.7 Å². The molecule has 3 aromatic rings. The lowest BCUT2D eigenvalue weighted by Gasteiger charge is -2.48. The monoisotopic (exact) mass is 993 g/mol. The van der Waals surface area contributed by atoms with E-state index in [0.29, 0.717) is 36.6 Å². The van der Waals surface area contributed by atoms with Crippen LogP contribution in [0, 0.1) is 17.3 Å². The van der Waals surface area contributed by atoms with Crippen LogP contribution >= 0.6 is 0 Å². The molecule has 0 bridgehead atoms. The fourth-order valence-electron chi connectivity index (χ4n) is 13.4. The summed E-state index contributed by atoms with van der Waals surface area (Å²) in [6.45, 7) is 3.47. The number of nitrogens with one attached hydrogen (secondary N) is 1. The van der Waals surface area contributed by atoms with Crippen molar-refractivity contribution in [2.24, 2.45) is 17.3 Å². The van der Waals surface area contributed by atoms with Gasteiger partial charge in [-0.25, -0.2) is 0 Å². The molecule has 15 nitrogen and oxygen atoms in total. The average molecular weight is 994 g/mol. The van der Waals surface area contributed by atoms with Crippen LogP contribution in [0.5, 0.6) is 23.0 Å². The first-order chi connectivity index (χ1) is 34.6. The zero-order chi connectivity index (χ0) is 51.1.